The molecule has 1 amide bonds. The van der Waals surface area contributed by atoms with Crippen molar-refractivity contribution in [2.75, 3.05) is 5.32 Å². The molecule has 0 spiro atoms. The summed E-state index contributed by atoms with van der Waals surface area (Å²) in [6, 6.07) is 24.4. The van der Waals surface area contributed by atoms with Crippen molar-refractivity contribution in [3.63, 3.8) is 0 Å². The quantitative estimate of drug-likeness (QED) is 0.417. The highest BCUT2D eigenvalue weighted by atomic mass is 16.1. The second-order valence-electron chi connectivity index (χ2n) is 7.22. The summed E-state index contributed by atoms with van der Waals surface area (Å²) in [6.07, 6.45) is 7.68. The molecule has 1 heterocycles. The summed E-state index contributed by atoms with van der Waals surface area (Å²) in [6.45, 7) is 2.08. The van der Waals surface area contributed by atoms with Crippen molar-refractivity contribution in [1.29, 1.82) is 0 Å². The van der Waals surface area contributed by atoms with Crippen molar-refractivity contribution in [1.82, 2.24) is 9.97 Å². The second-order valence-corrected chi connectivity index (χ2v) is 7.22. The van der Waals surface area contributed by atoms with Gasteiger partial charge in [0.05, 0.1) is 0 Å². The zero-order valence-electron chi connectivity index (χ0n) is 16.8. The number of carbonyl (C=O) groups excluding carboxylic acids is 1. The third-order valence-corrected chi connectivity index (χ3v) is 4.85. The summed E-state index contributed by atoms with van der Waals surface area (Å²) < 4.78 is 0. The average molecular weight is 393 g/mol. The molecule has 4 heteroatoms. The number of amides is 1. The minimum absolute atomic E-state index is 0.158. The van der Waals surface area contributed by atoms with Gasteiger partial charge in [-0.3, -0.25) is 4.79 Å². The number of carbonyl (C=O) groups is 1. The van der Waals surface area contributed by atoms with E-state index in [9.17, 15) is 4.79 Å². The molecule has 0 atom stereocenters. The van der Waals surface area contributed by atoms with E-state index >= 15 is 0 Å². The maximum atomic E-state index is 12.3. The van der Waals surface area contributed by atoms with Gasteiger partial charge in [-0.2, -0.15) is 0 Å². The number of anilines is 1. The zero-order chi connectivity index (χ0) is 20.8. The van der Waals surface area contributed by atoms with E-state index in [4.69, 9.17) is 0 Å². The number of hydrogen-bond donors (Lipinski definition) is 2. The van der Waals surface area contributed by atoms with Crippen LogP contribution in [0.5, 0.6) is 0 Å². The summed E-state index contributed by atoms with van der Waals surface area (Å²) in [5, 5.41) is 2.90. The van der Waals surface area contributed by atoms with Gasteiger partial charge in [0.2, 0.25) is 5.91 Å². The van der Waals surface area contributed by atoms with E-state index in [0.717, 1.165) is 40.2 Å². The minimum atomic E-state index is -0.158. The lowest BCUT2D eigenvalue weighted by molar-refractivity contribution is -0.111. The fraction of sp³-hybridized carbons (Fsp3) is 0.0769. The molecule has 0 saturated heterocycles. The first-order chi connectivity index (χ1) is 14.7. The van der Waals surface area contributed by atoms with Crippen LogP contribution in [0.15, 0.2) is 91.3 Å². The fourth-order valence-electron chi connectivity index (χ4n) is 3.22. The summed E-state index contributed by atoms with van der Waals surface area (Å²) in [5.74, 6) is 0.761. The highest BCUT2D eigenvalue weighted by Crippen LogP contribution is 2.21. The Hall–Kier alpha value is -3.92. The van der Waals surface area contributed by atoms with Crippen LogP contribution in [0, 0.1) is 6.92 Å². The highest BCUT2D eigenvalue weighted by Gasteiger charge is 2.02. The SMILES string of the molecule is Cc1ccc(-c2cccc(C=CC(=O)Nc3ccc(Cc4ncc[nH]4)cc3)c2)cc1. The number of aromatic amines is 1. The predicted molar refractivity (Wildman–Crippen MR) is 122 cm³/mol. The fourth-order valence-corrected chi connectivity index (χ4v) is 3.22. The van der Waals surface area contributed by atoms with E-state index < -0.39 is 0 Å². The maximum absolute atomic E-state index is 12.3. The molecule has 0 radical (unpaired) electrons. The van der Waals surface area contributed by atoms with Crippen molar-refractivity contribution in [2.45, 2.75) is 13.3 Å². The number of rotatable bonds is 6. The average Bonchev–Trinajstić information content (AvgIpc) is 3.27. The van der Waals surface area contributed by atoms with E-state index in [-0.39, 0.29) is 5.91 Å². The summed E-state index contributed by atoms with van der Waals surface area (Å²) in [5.41, 5.74) is 6.41. The van der Waals surface area contributed by atoms with Crippen LogP contribution in [-0.2, 0) is 11.2 Å². The largest absolute Gasteiger partial charge is 0.348 e. The van der Waals surface area contributed by atoms with Gasteiger partial charge in [0.1, 0.15) is 5.82 Å². The molecule has 2 N–H and O–H groups in total. The molecule has 0 bridgehead atoms. The molecule has 0 fully saturated rings. The lowest BCUT2D eigenvalue weighted by Gasteiger charge is -2.05. The first kappa shape index (κ1) is 19.4. The summed E-state index contributed by atoms with van der Waals surface area (Å²) in [7, 11) is 0. The number of aryl methyl sites for hydroxylation is 1. The van der Waals surface area contributed by atoms with E-state index in [1.807, 2.05) is 48.7 Å². The number of aromatic nitrogens is 2. The Morgan fingerprint density at radius 2 is 1.80 bits per heavy atom. The van der Waals surface area contributed by atoms with Crippen LogP contribution in [0.3, 0.4) is 0 Å². The van der Waals surface area contributed by atoms with Gasteiger partial charge in [-0.25, -0.2) is 4.98 Å². The molecule has 148 valence electrons. The minimum Gasteiger partial charge on any atom is -0.348 e. The third kappa shape index (κ3) is 5.11. The number of H-pyrrole nitrogens is 1. The Bertz CT molecular complexity index is 1140. The van der Waals surface area contributed by atoms with Gasteiger partial charge in [0, 0.05) is 30.6 Å². The molecule has 4 rings (SSSR count). The highest BCUT2D eigenvalue weighted by molar-refractivity contribution is 6.02. The van der Waals surface area contributed by atoms with Gasteiger partial charge < -0.3 is 10.3 Å². The van der Waals surface area contributed by atoms with Crippen molar-refractivity contribution in [3.8, 4) is 11.1 Å². The number of benzene rings is 3. The number of nitrogens with one attached hydrogen (secondary N) is 2. The Morgan fingerprint density at radius 1 is 1.00 bits per heavy atom. The molecular weight excluding hydrogens is 370 g/mol. The smallest absolute Gasteiger partial charge is 0.248 e. The number of hydrogen-bond acceptors (Lipinski definition) is 2. The lowest BCUT2D eigenvalue weighted by atomic mass is 10.0. The summed E-state index contributed by atoms with van der Waals surface area (Å²) in [4.78, 5) is 19.6. The van der Waals surface area contributed by atoms with Crippen LogP contribution in [0.25, 0.3) is 17.2 Å². The molecule has 1 aromatic heterocycles. The molecule has 0 unspecified atom stereocenters. The Morgan fingerprint density at radius 3 is 2.53 bits per heavy atom. The molecule has 4 nitrogen and oxygen atoms in total. The normalized spacial score (nSPS) is 11.0. The van der Waals surface area contributed by atoms with Crippen molar-refractivity contribution in [3.05, 3.63) is 114 Å². The zero-order valence-corrected chi connectivity index (χ0v) is 16.8. The Balaban J connectivity index is 1.38. The molecule has 0 saturated carbocycles. The standard InChI is InChI=1S/C26H23N3O/c1-19-5-10-22(11-6-19)23-4-2-3-20(17-23)9-14-26(30)29-24-12-7-21(8-13-24)18-25-27-15-16-28-25/h2-17H,18H2,1H3,(H,27,28)(H,29,30). The van der Waals surface area contributed by atoms with Crippen molar-refractivity contribution in [2.24, 2.45) is 0 Å². The van der Waals surface area contributed by atoms with Crippen LogP contribution in [0.2, 0.25) is 0 Å². The van der Waals surface area contributed by atoms with Gasteiger partial charge in [0.25, 0.3) is 0 Å². The molecule has 3 aromatic carbocycles. The van der Waals surface area contributed by atoms with Crippen LogP contribution in [0.4, 0.5) is 5.69 Å². The Kier molecular flexibility index (Phi) is 5.85. The van der Waals surface area contributed by atoms with Crippen molar-refractivity contribution >= 4 is 17.7 Å². The van der Waals surface area contributed by atoms with E-state index in [1.165, 1.54) is 5.56 Å². The van der Waals surface area contributed by atoms with Gasteiger partial charge in [-0.05, 0) is 53.5 Å². The van der Waals surface area contributed by atoms with Gasteiger partial charge in [-0.1, -0.05) is 60.2 Å². The molecule has 4 aromatic rings. The second kappa shape index (κ2) is 9.05. The molecular formula is C26H23N3O. The monoisotopic (exact) mass is 393 g/mol. The molecule has 0 aliphatic carbocycles. The topological polar surface area (TPSA) is 57.8 Å². The molecule has 30 heavy (non-hydrogen) atoms. The first-order valence-electron chi connectivity index (χ1n) is 9.89. The first-order valence-corrected chi connectivity index (χ1v) is 9.89. The Labute approximate surface area is 176 Å². The van der Waals surface area contributed by atoms with Crippen molar-refractivity contribution < 1.29 is 4.79 Å². The van der Waals surface area contributed by atoms with Gasteiger partial charge in [-0.15, -0.1) is 0 Å². The van der Waals surface area contributed by atoms with Crippen LogP contribution < -0.4 is 5.32 Å². The molecule has 0 aliphatic heterocycles. The van der Waals surface area contributed by atoms with Crippen LogP contribution in [0.1, 0.15) is 22.5 Å². The van der Waals surface area contributed by atoms with E-state index in [0.29, 0.717) is 0 Å². The maximum Gasteiger partial charge on any atom is 0.248 e. The molecule has 0 aliphatic rings. The summed E-state index contributed by atoms with van der Waals surface area (Å²) >= 11 is 0. The number of imidazole rings is 1. The number of nitrogens with zero attached hydrogens (tertiary/aromatic N) is 1. The van der Waals surface area contributed by atoms with E-state index in [1.54, 1.807) is 12.3 Å². The third-order valence-electron chi connectivity index (χ3n) is 4.85. The van der Waals surface area contributed by atoms with Crippen LogP contribution >= 0.6 is 0 Å². The van der Waals surface area contributed by atoms with Crippen LogP contribution in [-0.4, -0.2) is 15.9 Å². The van der Waals surface area contributed by atoms with Gasteiger partial charge >= 0.3 is 0 Å². The van der Waals surface area contributed by atoms with E-state index in [2.05, 4.69) is 58.6 Å². The van der Waals surface area contributed by atoms with Gasteiger partial charge in [0.15, 0.2) is 0 Å². The lowest BCUT2D eigenvalue weighted by Crippen LogP contribution is -2.07. The predicted octanol–water partition coefficient (Wildman–Crippen LogP) is 5.63.